The first kappa shape index (κ1) is 36.3. The van der Waals surface area contributed by atoms with Gasteiger partial charge in [0.05, 0.1) is 19.8 Å². The van der Waals surface area contributed by atoms with Gasteiger partial charge in [-0.05, 0) is 6.42 Å². The lowest BCUT2D eigenvalue weighted by molar-refractivity contribution is -0.368. The lowest BCUT2D eigenvalue weighted by Crippen LogP contribution is -2.66. The summed E-state index contributed by atoms with van der Waals surface area (Å²) in [5, 5.41) is 20.7. The fourth-order valence-electron chi connectivity index (χ4n) is 4.46. The number of rotatable bonds is 16. The van der Waals surface area contributed by atoms with Crippen LogP contribution in [0.4, 0.5) is 0 Å². The molecule has 0 aromatic carbocycles. The van der Waals surface area contributed by atoms with Gasteiger partial charge in [-0.1, -0.05) is 6.92 Å². The smallest absolute Gasteiger partial charge is 0.303 e. The van der Waals surface area contributed by atoms with Crippen molar-refractivity contribution in [3.05, 3.63) is 0 Å². The normalized spacial score (nSPS) is 32.3. The number of hydrogen-bond acceptors (Lipinski definition) is 17. The van der Waals surface area contributed by atoms with Gasteiger partial charge in [0.15, 0.2) is 43.1 Å². The summed E-state index contributed by atoms with van der Waals surface area (Å²) in [4.78, 5) is 59.1. The Bertz CT molecular complexity index is 927. The van der Waals surface area contributed by atoms with Crippen LogP contribution in [0.5, 0.6) is 0 Å². The molecule has 0 radical (unpaired) electrons. The summed E-state index contributed by atoms with van der Waals surface area (Å²) in [7, 11) is 0. The molecule has 0 spiro atoms. The first-order chi connectivity index (χ1) is 20.4. The molecule has 2 rings (SSSR count). The fraction of sp³-hybridized carbons (Fsp3) is 0.808. The van der Waals surface area contributed by atoms with Crippen molar-refractivity contribution in [3.8, 4) is 0 Å². The van der Waals surface area contributed by atoms with Gasteiger partial charge in [-0.15, -0.1) is 0 Å². The number of carbonyl (C=O) groups excluding carboxylic acids is 5. The van der Waals surface area contributed by atoms with E-state index in [1.54, 1.807) is 0 Å². The highest BCUT2D eigenvalue weighted by molar-refractivity contribution is 5.68. The monoisotopic (exact) mass is 624 g/mol. The summed E-state index contributed by atoms with van der Waals surface area (Å²) in [6, 6.07) is 0. The molecular formula is C26H40O17. The van der Waals surface area contributed by atoms with Crippen LogP contribution in [0.2, 0.25) is 0 Å². The Kier molecular flexibility index (Phi) is 15.2. The van der Waals surface area contributed by atoms with E-state index in [0.717, 1.165) is 34.1 Å². The van der Waals surface area contributed by atoms with Crippen molar-refractivity contribution in [1.29, 1.82) is 0 Å². The Morgan fingerprint density at radius 3 is 1.91 bits per heavy atom. The number of hydrogen-bond donors (Lipinski definition) is 2. The molecule has 43 heavy (non-hydrogen) atoms. The quantitative estimate of drug-likeness (QED) is 0.0865. The van der Waals surface area contributed by atoms with Crippen molar-refractivity contribution in [2.75, 3.05) is 33.0 Å². The lowest BCUT2D eigenvalue weighted by Gasteiger charge is -2.48. The number of carbonyl (C=O) groups is 5. The third kappa shape index (κ3) is 10.9. The SMILES string of the molecule is CCCOCCOC1O[C@@H](CO)[C@@H](O)[C@H](OC(C)=O)[C@@H]1O[C@H]1O[C@H](COC(C)=O)[C@@H](OC=O)[C@H](OC(C)=O)[C@@H]1OC(C)=O. The van der Waals surface area contributed by atoms with Crippen LogP contribution in [-0.2, 0) is 71.3 Å². The number of ether oxygens (including phenoxy) is 10. The molecule has 0 amide bonds. The highest BCUT2D eigenvalue weighted by Gasteiger charge is 2.56. The van der Waals surface area contributed by atoms with Crippen LogP contribution >= 0.6 is 0 Å². The molecular weight excluding hydrogens is 584 g/mol. The van der Waals surface area contributed by atoms with Crippen molar-refractivity contribution >= 4 is 30.3 Å². The first-order valence-corrected chi connectivity index (χ1v) is 13.6. The molecule has 0 aromatic rings. The van der Waals surface area contributed by atoms with Crippen LogP contribution in [0.1, 0.15) is 41.0 Å². The Labute approximate surface area is 247 Å². The zero-order valence-corrected chi connectivity index (χ0v) is 24.6. The molecule has 2 aliphatic heterocycles. The summed E-state index contributed by atoms with van der Waals surface area (Å²) in [6.07, 6.45) is -14.2. The largest absolute Gasteiger partial charge is 0.463 e. The summed E-state index contributed by atoms with van der Waals surface area (Å²) < 4.78 is 55.1. The molecule has 0 saturated carbocycles. The molecule has 1 unspecified atom stereocenters. The zero-order chi connectivity index (χ0) is 32.1. The second-order valence-corrected chi connectivity index (χ2v) is 9.56. The van der Waals surface area contributed by atoms with E-state index in [1.165, 1.54) is 0 Å². The van der Waals surface area contributed by atoms with Gasteiger partial charge in [-0.2, -0.15) is 0 Å². The predicted molar refractivity (Wildman–Crippen MR) is 137 cm³/mol. The molecule has 0 aliphatic carbocycles. The fourth-order valence-corrected chi connectivity index (χ4v) is 4.46. The van der Waals surface area contributed by atoms with Gasteiger partial charge < -0.3 is 57.6 Å². The van der Waals surface area contributed by atoms with E-state index >= 15 is 0 Å². The van der Waals surface area contributed by atoms with Gasteiger partial charge in [0, 0.05) is 34.3 Å². The Morgan fingerprint density at radius 2 is 1.35 bits per heavy atom. The summed E-state index contributed by atoms with van der Waals surface area (Å²) >= 11 is 0. The molecule has 2 heterocycles. The molecule has 2 aliphatic rings. The molecule has 2 saturated heterocycles. The molecule has 0 bridgehead atoms. The number of esters is 4. The van der Waals surface area contributed by atoms with Gasteiger partial charge in [-0.25, -0.2) is 0 Å². The third-order valence-electron chi connectivity index (χ3n) is 6.11. The van der Waals surface area contributed by atoms with E-state index in [0.29, 0.717) is 6.61 Å². The van der Waals surface area contributed by atoms with Crippen molar-refractivity contribution in [2.45, 2.75) is 102 Å². The van der Waals surface area contributed by atoms with E-state index in [1.807, 2.05) is 6.92 Å². The average Bonchev–Trinajstić information content (AvgIpc) is 2.92. The Morgan fingerprint density at radius 1 is 0.744 bits per heavy atom. The highest BCUT2D eigenvalue weighted by atomic mass is 16.8. The second-order valence-electron chi connectivity index (χ2n) is 9.56. The molecule has 0 aromatic heterocycles. The van der Waals surface area contributed by atoms with Crippen LogP contribution < -0.4 is 0 Å². The van der Waals surface area contributed by atoms with E-state index in [4.69, 9.17) is 47.4 Å². The minimum absolute atomic E-state index is 0.0406. The topological polar surface area (TPSA) is 218 Å². The van der Waals surface area contributed by atoms with Crippen molar-refractivity contribution in [3.63, 3.8) is 0 Å². The maximum Gasteiger partial charge on any atom is 0.303 e. The maximum atomic E-state index is 12.1. The van der Waals surface area contributed by atoms with Gasteiger partial charge >= 0.3 is 23.9 Å². The van der Waals surface area contributed by atoms with Crippen LogP contribution in [0.15, 0.2) is 0 Å². The summed E-state index contributed by atoms with van der Waals surface area (Å²) in [5.41, 5.74) is 0. The van der Waals surface area contributed by atoms with Crippen molar-refractivity contribution in [1.82, 2.24) is 0 Å². The van der Waals surface area contributed by atoms with Crippen molar-refractivity contribution in [2.24, 2.45) is 0 Å². The van der Waals surface area contributed by atoms with Gasteiger partial charge in [0.1, 0.15) is 24.9 Å². The minimum Gasteiger partial charge on any atom is -0.463 e. The maximum absolute atomic E-state index is 12.1. The van der Waals surface area contributed by atoms with Crippen molar-refractivity contribution < 1.29 is 81.6 Å². The van der Waals surface area contributed by atoms with Gasteiger partial charge in [0.25, 0.3) is 6.47 Å². The standard InChI is InChI=1S/C26H40O17/c1-6-7-34-8-9-35-25-23(21(38-14(3)30)19(33)17(10-27)41-25)43-26-24(40-16(5)32)22(39-15(4)31)20(37-12-28)18(42-26)11-36-13(2)29/h12,17-27,33H,6-11H2,1-5H3/t17-,18+,19+,20+,21-,22-,23-,24-,25?,26+/m0/s1. The molecule has 2 fully saturated rings. The second kappa shape index (κ2) is 18.0. The predicted octanol–water partition coefficient (Wildman–Crippen LogP) is -1.48. The first-order valence-electron chi connectivity index (χ1n) is 13.6. The summed E-state index contributed by atoms with van der Waals surface area (Å²) in [6.45, 7) is 5.58. The third-order valence-corrected chi connectivity index (χ3v) is 6.11. The molecule has 17 heteroatoms. The van der Waals surface area contributed by atoms with E-state index in [9.17, 15) is 34.2 Å². The average molecular weight is 625 g/mol. The van der Waals surface area contributed by atoms with E-state index in [2.05, 4.69) is 0 Å². The molecule has 17 nitrogen and oxygen atoms in total. The van der Waals surface area contributed by atoms with Crippen LogP contribution in [-0.4, -0.2) is 135 Å². The van der Waals surface area contributed by atoms with E-state index < -0.39 is 98.5 Å². The van der Waals surface area contributed by atoms with Crippen LogP contribution in [0.25, 0.3) is 0 Å². The van der Waals surface area contributed by atoms with Crippen LogP contribution in [0.3, 0.4) is 0 Å². The molecule has 2 N–H and O–H groups in total. The zero-order valence-electron chi connectivity index (χ0n) is 24.6. The number of aliphatic hydroxyl groups excluding tert-OH is 2. The lowest BCUT2D eigenvalue weighted by atomic mass is 9.96. The minimum atomic E-state index is -1.70. The van der Waals surface area contributed by atoms with Gasteiger partial charge in [0.2, 0.25) is 0 Å². The Balaban J connectivity index is 2.53. The molecule has 10 atom stereocenters. The summed E-state index contributed by atoms with van der Waals surface area (Å²) in [5.74, 6) is -3.28. The highest BCUT2D eigenvalue weighted by Crippen LogP contribution is 2.34. The molecule has 246 valence electrons. The number of aliphatic hydroxyl groups is 2. The Hall–Kier alpha value is -2.93. The van der Waals surface area contributed by atoms with Crippen LogP contribution in [0, 0.1) is 0 Å². The van der Waals surface area contributed by atoms with Gasteiger partial charge in [-0.3, -0.25) is 24.0 Å². The van der Waals surface area contributed by atoms with E-state index in [-0.39, 0.29) is 19.7 Å².